The molecule has 39 heavy (non-hydrogen) atoms. The molecule has 23 heteroatoms. The third kappa shape index (κ3) is 6.17. The number of halogens is 17. The molecule has 0 aromatic heterocycles. The number of rotatable bonds is 12. The minimum absolute atomic E-state index is 0.652. The van der Waals surface area contributed by atoms with Crippen LogP contribution in [-0.2, 0) is 29.7 Å². The first kappa shape index (κ1) is 37.7. The monoisotopic (exact) mass is 659 g/mol. The van der Waals surface area contributed by atoms with Gasteiger partial charge in [-0.1, -0.05) is 20.8 Å². The summed E-state index contributed by atoms with van der Waals surface area (Å²) in [6.45, 7) is 4.25. The Hall–Kier alpha value is -1.26. The normalized spacial score (nSPS) is 16.8. The highest BCUT2D eigenvalue weighted by molar-refractivity contribution is 8.03. The molecule has 0 saturated heterocycles. The predicted octanol–water partition coefficient (Wildman–Crippen LogP) is 6.47. The summed E-state index contributed by atoms with van der Waals surface area (Å²) in [5.41, 5.74) is -1.21. The molecule has 1 unspecified atom stereocenters. The van der Waals surface area contributed by atoms with Crippen molar-refractivity contribution in [3.63, 3.8) is 0 Å². The fourth-order valence-electron chi connectivity index (χ4n) is 2.28. The van der Waals surface area contributed by atoms with Crippen molar-refractivity contribution in [2.24, 2.45) is 5.41 Å². The molecule has 0 aliphatic heterocycles. The molecule has 0 rings (SSSR count). The molecule has 0 aliphatic rings. The lowest BCUT2D eigenvalue weighted by Gasteiger charge is -2.42. The molecule has 0 heterocycles. The van der Waals surface area contributed by atoms with E-state index in [1.807, 2.05) is 0 Å². The van der Waals surface area contributed by atoms with Crippen molar-refractivity contribution in [3.05, 3.63) is 0 Å². The molecule has 4 nitrogen and oxygen atoms in total. The summed E-state index contributed by atoms with van der Waals surface area (Å²) in [5.74, 6) is -55.2. The van der Waals surface area contributed by atoms with Gasteiger partial charge in [0.05, 0.1) is 0 Å². The molecule has 0 fully saturated rings. The zero-order chi connectivity index (χ0) is 32.3. The van der Waals surface area contributed by atoms with E-state index in [1.165, 1.54) is 20.8 Å². The standard InChI is InChI=1S/C16H16F17O4S2/c1-7(34)5-38(6-8(2,3)4)37-39(35,36)16(32,33)14(27,28)12(23,24)10(19,20)9(17,18)11(21,22)13(25,26)15(29,30)31/h5-6H2,1-4H3/q+1. The Bertz CT molecular complexity index is 1010. The summed E-state index contributed by atoms with van der Waals surface area (Å²) in [4.78, 5) is 11.2. The third-order valence-electron chi connectivity index (χ3n) is 4.15. The molecule has 0 amide bonds. The minimum atomic E-state index is -8.92. The average molecular weight is 659 g/mol. The zero-order valence-electron chi connectivity index (χ0n) is 19.3. The first-order valence-corrected chi connectivity index (χ1v) is 12.2. The summed E-state index contributed by atoms with van der Waals surface area (Å²) in [6.07, 6.45) is -7.91. The van der Waals surface area contributed by atoms with Gasteiger partial charge in [0, 0.05) is 5.41 Å². The highest BCUT2D eigenvalue weighted by atomic mass is 32.3. The van der Waals surface area contributed by atoms with Crippen LogP contribution in [0.2, 0.25) is 0 Å². The molecule has 1 atom stereocenters. The van der Waals surface area contributed by atoms with Crippen molar-refractivity contribution in [2.75, 3.05) is 11.5 Å². The van der Waals surface area contributed by atoms with Crippen LogP contribution in [0.3, 0.4) is 0 Å². The summed E-state index contributed by atoms with van der Waals surface area (Å²) >= 11 is -2.75. The maximum Gasteiger partial charge on any atom is 0.460 e. The van der Waals surface area contributed by atoms with E-state index in [9.17, 15) is 87.8 Å². The molecule has 0 bridgehead atoms. The Labute approximate surface area is 210 Å². The highest BCUT2D eigenvalue weighted by Crippen LogP contribution is 2.64. The van der Waals surface area contributed by atoms with Gasteiger partial charge in [-0.3, -0.25) is 4.79 Å². The van der Waals surface area contributed by atoms with Gasteiger partial charge < -0.3 is 0 Å². The van der Waals surface area contributed by atoms with Crippen LogP contribution in [0.5, 0.6) is 0 Å². The number of ketones is 1. The summed E-state index contributed by atoms with van der Waals surface area (Å²) in [7, 11) is -7.71. The van der Waals surface area contributed by atoms with Crippen LogP contribution in [0.1, 0.15) is 27.7 Å². The van der Waals surface area contributed by atoms with Crippen molar-refractivity contribution >= 4 is 27.1 Å². The maximum atomic E-state index is 14.1. The smallest absolute Gasteiger partial charge is 0.295 e. The van der Waals surface area contributed by atoms with E-state index >= 15 is 0 Å². The van der Waals surface area contributed by atoms with Gasteiger partial charge in [0.25, 0.3) is 0 Å². The molecule has 0 aliphatic carbocycles. The zero-order valence-corrected chi connectivity index (χ0v) is 20.9. The van der Waals surface area contributed by atoms with E-state index in [0.29, 0.717) is 6.92 Å². The third-order valence-corrected chi connectivity index (χ3v) is 8.44. The van der Waals surface area contributed by atoms with Crippen molar-refractivity contribution in [2.45, 2.75) is 74.7 Å². The van der Waals surface area contributed by atoms with Crippen LogP contribution < -0.4 is 0 Å². The first-order valence-electron chi connectivity index (χ1n) is 9.32. The molecular weight excluding hydrogens is 643 g/mol. The van der Waals surface area contributed by atoms with Gasteiger partial charge >= 0.3 is 57.1 Å². The van der Waals surface area contributed by atoms with E-state index in [-0.39, 0.29) is 0 Å². The van der Waals surface area contributed by atoms with E-state index in [2.05, 4.69) is 3.63 Å². The summed E-state index contributed by atoms with van der Waals surface area (Å²) in [5, 5.41) is -7.77. The Kier molecular flexibility index (Phi) is 9.90. The first-order chi connectivity index (χ1) is 16.5. The molecule has 0 N–H and O–H groups in total. The number of hydrogen-bond acceptors (Lipinski definition) is 4. The number of Topliss-reactive ketones (excluding diaryl/α,β-unsaturated/α-hetero) is 1. The largest absolute Gasteiger partial charge is 0.460 e. The minimum Gasteiger partial charge on any atom is -0.295 e. The van der Waals surface area contributed by atoms with Crippen LogP contribution in [-0.4, -0.2) is 72.7 Å². The van der Waals surface area contributed by atoms with Crippen LogP contribution in [0, 0.1) is 5.41 Å². The molecule has 0 radical (unpaired) electrons. The van der Waals surface area contributed by atoms with Crippen LogP contribution in [0.25, 0.3) is 0 Å². The van der Waals surface area contributed by atoms with Crippen LogP contribution in [0.4, 0.5) is 74.6 Å². The predicted molar refractivity (Wildman–Crippen MR) is 97.9 cm³/mol. The van der Waals surface area contributed by atoms with E-state index in [4.69, 9.17) is 0 Å². The van der Waals surface area contributed by atoms with Gasteiger partial charge in [-0.2, -0.15) is 83.1 Å². The fraction of sp³-hybridized carbons (Fsp3) is 0.938. The van der Waals surface area contributed by atoms with Crippen LogP contribution >= 0.6 is 0 Å². The summed E-state index contributed by atoms with van der Waals surface area (Å²) in [6, 6.07) is 0. The second-order valence-electron chi connectivity index (χ2n) is 8.97. The van der Waals surface area contributed by atoms with Gasteiger partial charge in [-0.25, -0.2) is 0 Å². The average Bonchev–Trinajstić information content (AvgIpc) is 2.63. The summed E-state index contributed by atoms with van der Waals surface area (Å²) < 4.78 is 254. The lowest BCUT2D eigenvalue weighted by Crippen LogP contribution is -2.75. The second kappa shape index (κ2) is 10.2. The molecule has 0 spiro atoms. The number of hydrogen-bond donors (Lipinski definition) is 0. The van der Waals surface area contributed by atoms with E-state index in [1.54, 1.807) is 0 Å². The van der Waals surface area contributed by atoms with Crippen molar-refractivity contribution in [1.82, 2.24) is 0 Å². The van der Waals surface area contributed by atoms with Gasteiger partial charge in [-0.05, 0) is 10.6 Å². The van der Waals surface area contributed by atoms with Crippen molar-refractivity contribution in [3.8, 4) is 0 Å². The van der Waals surface area contributed by atoms with E-state index in [0.717, 1.165) is 0 Å². The van der Waals surface area contributed by atoms with Gasteiger partial charge in [-0.15, -0.1) is 0 Å². The SMILES string of the molecule is CC(=O)C[S+](CC(C)(C)C)OS(=O)(=O)C(F)(F)C(F)(F)C(F)(F)C(F)(F)C(F)(F)C(F)(F)C(F)(F)C(F)(F)F. The lowest BCUT2D eigenvalue weighted by molar-refractivity contribution is -0.458. The molecule has 0 aromatic carbocycles. The molecule has 0 saturated carbocycles. The Morgan fingerprint density at radius 1 is 0.615 bits per heavy atom. The Balaban J connectivity index is 6.93. The Morgan fingerprint density at radius 2 is 0.923 bits per heavy atom. The second-order valence-corrected chi connectivity index (χ2v) is 12.4. The highest BCUT2D eigenvalue weighted by Gasteiger charge is 2.96. The number of carbonyl (C=O) groups is 1. The molecular formula is C16H16F17O4S2+. The molecule has 234 valence electrons. The maximum absolute atomic E-state index is 14.1. The lowest BCUT2D eigenvalue weighted by atomic mass is 9.91. The van der Waals surface area contributed by atoms with Crippen molar-refractivity contribution in [1.29, 1.82) is 0 Å². The van der Waals surface area contributed by atoms with Gasteiger partial charge in [0.1, 0.15) is 5.75 Å². The van der Waals surface area contributed by atoms with Crippen LogP contribution in [0.15, 0.2) is 0 Å². The van der Waals surface area contributed by atoms with E-state index < -0.39 is 91.0 Å². The van der Waals surface area contributed by atoms with Gasteiger partial charge in [0.2, 0.25) is 0 Å². The molecule has 0 aromatic rings. The van der Waals surface area contributed by atoms with Crippen molar-refractivity contribution < 1.29 is 91.5 Å². The topological polar surface area (TPSA) is 60.4 Å². The van der Waals surface area contributed by atoms with Gasteiger partial charge in [0.15, 0.2) is 22.7 Å². The number of carbonyl (C=O) groups excluding carboxylic acids is 1. The number of alkyl halides is 17. The Morgan fingerprint density at radius 3 is 1.21 bits per heavy atom. The fourth-order valence-corrected chi connectivity index (χ4v) is 5.99. The quantitative estimate of drug-likeness (QED) is 0.178.